The summed E-state index contributed by atoms with van der Waals surface area (Å²) in [5, 5.41) is 10.0. The second-order valence-corrected chi connectivity index (χ2v) is 7.08. The molecule has 2 aliphatic carbocycles. The predicted octanol–water partition coefficient (Wildman–Crippen LogP) is 3.23. The van der Waals surface area contributed by atoms with Crippen LogP contribution in [0.25, 0.3) is 0 Å². The molecule has 0 amide bonds. The molecule has 3 heteroatoms. The fourth-order valence-corrected chi connectivity index (χ4v) is 4.59. The number of carbonyl (C=O) groups excluding carboxylic acids is 1. The maximum absolute atomic E-state index is 12.4. The maximum Gasteiger partial charge on any atom is 0.137 e. The number of carbonyl (C=O) groups is 1. The Morgan fingerprint density at radius 3 is 2.55 bits per heavy atom. The molecule has 3 rings (SSSR count). The Kier molecular flexibility index (Phi) is 3.82. The fraction of sp³-hybridized carbons (Fsp3) is 0.579. The number of hydrogen-bond donors (Lipinski definition) is 0. The second kappa shape index (κ2) is 5.52. The third kappa shape index (κ3) is 2.09. The molecule has 22 heavy (non-hydrogen) atoms. The van der Waals surface area contributed by atoms with Crippen LogP contribution in [0.15, 0.2) is 30.3 Å². The normalized spacial score (nSPS) is 33.0. The van der Waals surface area contributed by atoms with Crippen molar-refractivity contribution < 1.29 is 4.79 Å². The van der Waals surface area contributed by atoms with Crippen molar-refractivity contribution in [3.05, 3.63) is 35.9 Å². The molecule has 0 spiro atoms. The number of hydrogen-bond acceptors (Lipinski definition) is 3. The number of benzene rings is 1. The smallest absolute Gasteiger partial charge is 0.137 e. The summed E-state index contributed by atoms with van der Waals surface area (Å²) in [7, 11) is 4.11. The highest BCUT2D eigenvalue weighted by Crippen LogP contribution is 2.70. The van der Waals surface area contributed by atoms with E-state index in [9.17, 15) is 10.1 Å². The molecular weight excluding hydrogens is 272 g/mol. The lowest BCUT2D eigenvalue weighted by atomic mass is 9.76. The van der Waals surface area contributed by atoms with Gasteiger partial charge in [0.05, 0.1) is 11.5 Å². The Bertz CT molecular complexity index is 604. The molecule has 0 aliphatic heterocycles. The van der Waals surface area contributed by atoms with E-state index >= 15 is 0 Å². The fourth-order valence-electron chi connectivity index (χ4n) is 4.59. The van der Waals surface area contributed by atoms with E-state index in [-0.39, 0.29) is 23.8 Å². The summed E-state index contributed by atoms with van der Waals surface area (Å²) in [5.41, 5.74) is 0.686. The summed E-state index contributed by atoms with van der Waals surface area (Å²) in [4.78, 5) is 14.5. The van der Waals surface area contributed by atoms with Crippen LogP contribution in [0.3, 0.4) is 0 Å². The molecule has 0 N–H and O–H groups in total. The Morgan fingerprint density at radius 1 is 1.32 bits per heavy atom. The third-order valence-electron chi connectivity index (χ3n) is 5.87. The molecule has 5 atom stereocenters. The highest BCUT2D eigenvalue weighted by molar-refractivity contribution is 5.87. The standard InChI is InChI=1S/C19H24N2O/c1-13(21(2)3)17(14-8-5-4-6-9-14)19(12-20)15-10-7-11-16(22)18(15)19/h4-6,8-9,13,15,17-18H,7,10-11H2,1-3H3/t13-,15-,17+,18-,19-/m0/s1. The molecule has 116 valence electrons. The van der Waals surface area contributed by atoms with Crippen LogP contribution in [0, 0.1) is 28.6 Å². The van der Waals surface area contributed by atoms with Crippen molar-refractivity contribution in [2.24, 2.45) is 17.3 Å². The molecule has 3 nitrogen and oxygen atoms in total. The minimum absolute atomic E-state index is 0.0427. The molecule has 1 aromatic rings. The van der Waals surface area contributed by atoms with Crippen molar-refractivity contribution in [2.75, 3.05) is 14.1 Å². The van der Waals surface area contributed by atoms with Crippen LogP contribution >= 0.6 is 0 Å². The lowest BCUT2D eigenvalue weighted by molar-refractivity contribution is -0.122. The topological polar surface area (TPSA) is 44.1 Å². The summed E-state index contributed by atoms with van der Waals surface area (Å²) in [6.07, 6.45) is 2.62. The van der Waals surface area contributed by atoms with Crippen LogP contribution in [-0.2, 0) is 4.79 Å². The van der Waals surface area contributed by atoms with E-state index in [0.29, 0.717) is 12.2 Å². The van der Waals surface area contributed by atoms with Crippen molar-refractivity contribution >= 4 is 5.78 Å². The average molecular weight is 296 g/mol. The molecule has 2 saturated carbocycles. The van der Waals surface area contributed by atoms with Gasteiger partial charge in [0.15, 0.2) is 0 Å². The third-order valence-corrected chi connectivity index (χ3v) is 5.87. The molecular formula is C19H24N2O. The Labute approximate surface area is 132 Å². The average Bonchev–Trinajstić information content (AvgIpc) is 3.19. The molecule has 2 aliphatic rings. The lowest BCUT2D eigenvalue weighted by Gasteiger charge is -2.34. The zero-order valence-corrected chi connectivity index (χ0v) is 13.6. The van der Waals surface area contributed by atoms with Crippen molar-refractivity contribution in [3.63, 3.8) is 0 Å². The monoisotopic (exact) mass is 296 g/mol. The highest BCUT2D eigenvalue weighted by atomic mass is 16.1. The number of rotatable bonds is 4. The summed E-state index contributed by atoms with van der Waals surface area (Å²) in [5.74, 6) is 0.612. The largest absolute Gasteiger partial charge is 0.306 e. The van der Waals surface area contributed by atoms with Crippen LogP contribution in [0.5, 0.6) is 0 Å². The van der Waals surface area contributed by atoms with E-state index in [1.807, 2.05) is 18.2 Å². The first-order valence-electron chi connectivity index (χ1n) is 8.19. The number of nitrogens with zero attached hydrogens (tertiary/aromatic N) is 2. The van der Waals surface area contributed by atoms with Gasteiger partial charge in [-0.25, -0.2) is 0 Å². The van der Waals surface area contributed by atoms with Crippen LogP contribution in [0.1, 0.15) is 37.7 Å². The highest BCUT2D eigenvalue weighted by Gasteiger charge is 2.73. The van der Waals surface area contributed by atoms with Crippen molar-refractivity contribution in [3.8, 4) is 6.07 Å². The number of Topliss-reactive ketones (excluding diaryl/α,β-unsaturated/α-hetero) is 1. The van der Waals surface area contributed by atoms with Gasteiger partial charge in [-0.3, -0.25) is 4.79 Å². The van der Waals surface area contributed by atoms with Gasteiger partial charge in [-0.05, 0) is 45.3 Å². The zero-order valence-electron chi connectivity index (χ0n) is 13.6. The SMILES string of the molecule is C[C@@H]([C@H](c1ccccc1)[C@@]1(C#N)[C@@H]2C(=O)CCC[C@@H]21)N(C)C. The minimum atomic E-state index is -0.501. The van der Waals surface area contributed by atoms with Crippen LogP contribution < -0.4 is 0 Å². The quantitative estimate of drug-likeness (QED) is 0.857. The van der Waals surface area contributed by atoms with E-state index in [2.05, 4.69) is 44.1 Å². The first kappa shape index (κ1) is 15.2. The Morgan fingerprint density at radius 2 is 2.00 bits per heavy atom. The Hall–Kier alpha value is -1.66. The van der Waals surface area contributed by atoms with E-state index in [4.69, 9.17) is 0 Å². The van der Waals surface area contributed by atoms with Gasteiger partial charge in [0.2, 0.25) is 0 Å². The first-order valence-corrected chi connectivity index (χ1v) is 8.19. The number of nitriles is 1. The van der Waals surface area contributed by atoms with Gasteiger partial charge < -0.3 is 4.90 Å². The van der Waals surface area contributed by atoms with Gasteiger partial charge in [-0.1, -0.05) is 30.3 Å². The van der Waals surface area contributed by atoms with E-state index < -0.39 is 5.41 Å². The van der Waals surface area contributed by atoms with E-state index in [0.717, 1.165) is 12.8 Å². The first-order chi connectivity index (χ1) is 10.5. The molecule has 0 heterocycles. The van der Waals surface area contributed by atoms with Gasteiger partial charge in [-0.15, -0.1) is 0 Å². The molecule has 0 radical (unpaired) electrons. The summed E-state index contributed by atoms with van der Waals surface area (Å²) in [6, 6.07) is 13.1. The molecule has 2 fully saturated rings. The minimum Gasteiger partial charge on any atom is -0.306 e. The van der Waals surface area contributed by atoms with Gasteiger partial charge >= 0.3 is 0 Å². The molecule has 1 aromatic carbocycles. The van der Waals surface area contributed by atoms with E-state index in [1.54, 1.807) is 0 Å². The number of fused-ring (bicyclic) bond motifs is 1. The summed E-state index contributed by atoms with van der Waals surface area (Å²) < 4.78 is 0. The van der Waals surface area contributed by atoms with Crippen molar-refractivity contribution in [1.29, 1.82) is 5.26 Å². The number of ketones is 1. The molecule has 0 unspecified atom stereocenters. The van der Waals surface area contributed by atoms with Gasteiger partial charge in [0, 0.05) is 24.3 Å². The van der Waals surface area contributed by atoms with Crippen molar-refractivity contribution in [2.45, 2.75) is 38.1 Å². The lowest BCUT2D eigenvalue weighted by Crippen LogP contribution is -2.37. The van der Waals surface area contributed by atoms with Gasteiger partial charge in [0.1, 0.15) is 5.78 Å². The van der Waals surface area contributed by atoms with Crippen LogP contribution in [0.2, 0.25) is 0 Å². The van der Waals surface area contributed by atoms with Crippen molar-refractivity contribution in [1.82, 2.24) is 4.90 Å². The van der Waals surface area contributed by atoms with Crippen LogP contribution in [0.4, 0.5) is 0 Å². The van der Waals surface area contributed by atoms with E-state index in [1.165, 1.54) is 5.56 Å². The van der Waals surface area contributed by atoms with Gasteiger partial charge in [0.25, 0.3) is 0 Å². The molecule has 0 saturated heterocycles. The molecule has 0 aromatic heterocycles. The van der Waals surface area contributed by atoms with Crippen LogP contribution in [-0.4, -0.2) is 30.8 Å². The molecule has 0 bridgehead atoms. The summed E-state index contributed by atoms with van der Waals surface area (Å²) in [6.45, 7) is 2.17. The zero-order chi connectivity index (χ0) is 15.9. The van der Waals surface area contributed by atoms with Gasteiger partial charge in [-0.2, -0.15) is 5.26 Å². The predicted molar refractivity (Wildman–Crippen MR) is 86.2 cm³/mol. The second-order valence-electron chi connectivity index (χ2n) is 7.08. The summed E-state index contributed by atoms with van der Waals surface area (Å²) >= 11 is 0. The number of likely N-dealkylation sites (N-methyl/N-ethyl adjacent to an activating group) is 1. The Balaban J connectivity index is 2.06. The maximum atomic E-state index is 12.4.